The van der Waals surface area contributed by atoms with Gasteiger partial charge in [0.05, 0.1) is 11.4 Å². The van der Waals surface area contributed by atoms with Crippen LogP contribution < -0.4 is 10.5 Å². The van der Waals surface area contributed by atoms with Gasteiger partial charge in [0.25, 0.3) is 0 Å². The molecule has 0 saturated heterocycles. The Hall–Kier alpha value is -1.44. The number of aryl methyl sites for hydroxylation is 1. The van der Waals surface area contributed by atoms with Crippen LogP contribution in [0.4, 0.5) is 5.82 Å². The van der Waals surface area contributed by atoms with E-state index in [4.69, 9.17) is 5.73 Å². The van der Waals surface area contributed by atoms with Crippen LogP contribution in [0.3, 0.4) is 0 Å². The van der Waals surface area contributed by atoms with Gasteiger partial charge >= 0.3 is 0 Å². The first-order valence-electron chi connectivity index (χ1n) is 6.31. The Labute approximate surface area is 132 Å². The highest BCUT2D eigenvalue weighted by molar-refractivity contribution is 9.10. The zero-order chi connectivity index (χ0) is 15.5. The van der Waals surface area contributed by atoms with E-state index < -0.39 is 10.0 Å². The highest BCUT2D eigenvalue weighted by atomic mass is 79.9. The summed E-state index contributed by atoms with van der Waals surface area (Å²) in [5.74, 6) is 0.197. The molecule has 0 amide bonds. The number of hydrogen-bond acceptors (Lipinski definition) is 4. The Morgan fingerprint density at radius 2 is 1.95 bits per heavy atom. The minimum Gasteiger partial charge on any atom is -0.326 e. The number of nitrogens with zero attached hydrogens (tertiary/aromatic N) is 1. The lowest BCUT2D eigenvalue weighted by Crippen LogP contribution is -2.16. The number of sulfonamides is 1. The number of hydrogen-bond donors (Lipinski definition) is 2. The standard InChI is InChI=1S/C14H16BrN3O2S/c1-10-13(15)5-6-14(17-10)18-21(19,20)9-12-4-2-3-11(7-12)8-16/h2-7H,8-9,16H2,1H3,(H,17,18). The smallest absolute Gasteiger partial charge is 0.238 e. The number of nitrogens with one attached hydrogen (secondary N) is 1. The molecule has 21 heavy (non-hydrogen) atoms. The third-order valence-corrected chi connectivity index (χ3v) is 4.94. The fourth-order valence-electron chi connectivity index (χ4n) is 1.86. The highest BCUT2D eigenvalue weighted by Crippen LogP contribution is 2.18. The van der Waals surface area contributed by atoms with Crippen LogP contribution in [0, 0.1) is 6.92 Å². The molecule has 5 nitrogen and oxygen atoms in total. The normalized spacial score (nSPS) is 11.4. The van der Waals surface area contributed by atoms with Crippen molar-refractivity contribution in [3.63, 3.8) is 0 Å². The number of benzene rings is 1. The Bertz CT molecular complexity index is 748. The molecule has 1 heterocycles. The van der Waals surface area contributed by atoms with Crippen LogP contribution in [0.15, 0.2) is 40.9 Å². The summed E-state index contributed by atoms with van der Waals surface area (Å²) in [5, 5.41) is 0. The average molecular weight is 370 g/mol. The van der Waals surface area contributed by atoms with Gasteiger partial charge in [-0.1, -0.05) is 24.3 Å². The van der Waals surface area contributed by atoms with Crippen molar-refractivity contribution in [2.75, 3.05) is 4.72 Å². The van der Waals surface area contributed by atoms with Gasteiger partial charge in [-0.05, 0) is 46.1 Å². The molecule has 1 aromatic heterocycles. The molecule has 0 aliphatic carbocycles. The van der Waals surface area contributed by atoms with Crippen LogP contribution in [-0.2, 0) is 22.3 Å². The summed E-state index contributed by atoms with van der Waals surface area (Å²) in [5.41, 5.74) is 7.88. The lowest BCUT2D eigenvalue weighted by molar-refractivity contribution is 0.600. The molecule has 0 fully saturated rings. The van der Waals surface area contributed by atoms with E-state index in [-0.39, 0.29) is 5.75 Å². The van der Waals surface area contributed by atoms with Crippen LogP contribution in [0.2, 0.25) is 0 Å². The fourth-order valence-corrected chi connectivity index (χ4v) is 3.21. The maximum Gasteiger partial charge on any atom is 0.238 e. The van der Waals surface area contributed by atoms with Crippen LogP contribution in [-0.4, -0.2) is 13.4 Å². The Morgan fingerprint density at radius 1 is 1.24 bits per heavy atom. The van der Waals surface area contributed by atoms with Gasteiger partial charge < -0.3 is 5.73 Å². The molecular weight excluding hydrogens is 354 g/mol. The van der Waals surface area contributed by atoms with Crippen molar-refractivity contribution in [3.8, 4) is 0 Å². The van der Waals surface area contributed by atoms with E-state index >= 15 is 0 Å². The predicted octanol–water partition coefficient (Wildman–Crippen LogP) is 2.55. The second kappa shape index (κ2) is 6.55. The van der Waals surface area contributed by atoms with Crippen molar-refractivity contribution in [1.29, 1.82) is 0 Å². The van der Waals surface area contributed by atoms with Crippen LogP contribution >= 0.6 is 15.9 Å². The summed E-state index contributed by atoms with van der Waals surface area (Å²) < 4.78 is 27.7. The van der Waals surface area contributed by atoms with Gasteiger partial charge in [0.15, 0.2) is 0 Å². The maximum atomic E-state index is 12.2. The van der Waals surface area contributed by atoms with Crippen molar-refractivity contribution in [2.45, 2.75) is 19.2 Å². The Morgan fingerprint density at radius 3 is 2.62 bits per heavy atom. The summed E-state index contributed by atoms with van der Waals surface area (Å²) in [7, 11) is -3.51. The third kappa shape index (κ3) is 4.52. The number of halogens is 1. The molecule has 0 bridgehead atoms. The van der Waals surface area contributed by atoms with Gasteiger partial charge in [-0.15, -0.1) is 0 Å². The van der Waals surface area contributed by atoms with E-state index in [0.717, 1.165) is 15.7 Å². The van der Waals surface area contributed by atoms with Gasteiger partial charge in [-0.25, -0.2) is 13.4 Å². The number of anilines is 1. The van der Waals surface area contributed by atoms with Gasteiger partial charge in [0, 0.05) is 11.0 Å². The van der Waals surface area contributed by atoms with Crippen molar-refractivity contribution in [3.05, 3.63) is 57.7 Å². The number of nitrogens with two attached hydrogens (primary N) is 1. The van der Waals surface area contributed by atoms with Crippen LogP contribution in [0.25, 0.3) is 0 Å². The first-order chi connectivity index (χ1) is 9.89. The molecule has 0 atom stereocenters. The lowest BCUT2D eigenvalue weighted by atomic mass is 10.1. The molecule has 0 saturated carbocycles. The molecule has 1 aromatic carbocycles. The largest absolute Gasteiger partial charge is 0.326 e. The summed E-state index contributed by atoms with van der Waals surface area (Å²) in [6, 6.07) is 10.6. The molecule has 2 aromatic rings. The van der Waals surface area contributed by atoms with Crippen molar-refractivity contribution >= 4 is 31.8 Å². The van der Waals surface area contributed by atoms with Gasteiger partial charge in [-0.3, -0.25) is 4.72 Å². The molecule has 0 aliphatic heterocycles. The fraction of sp³-hybridized carbons (Fsp3) is 0.214. The van der Waals surface area contributed by atoms with Crippen LogP contribution in [0.5, 0.6) is 0 Å². The quantitative estimate of drug-likeness (QED) is 0.847. The highest BCUT2D eigenvalue weighted by Gasteiger charge is 2.13. The minimum absolute atomic E-state index is 0.113. The molecule has 0 spiro atoms. The first kappa shape index (κ1) is 15.9. The number of rotatable bonds is 5. The first-order valence-corrected chi connectivity index (χ1v) is 8.75. The van der Waals surface area contributed by atoms with E-state index in [0.29, 0.717) is 17.9 Å². The average Bonchev–Trinajstić information content (AvgIpc) is 2.42. The number of pyridine rings is 1. The van der Waals surface area contributed by atoms with Gasteiger partial charge in [0.1, 0.15) is 5.82 Å². The van der Waals surface area contributed by atoms with Crippen molar-refractivity contribution in [1.82, 2.24) is 4.98 Å². The summed E-state index contributed by atoms with van der Waals surface area (Å²) in [4.78, 5) is 4.18. The van der Waals surface area contributed by atoms with Gasteiger partial charge in [0.2, 0.25) is 10.0 Å². The third-order valence-electron chi connectivity index (χ3n) is 2.87. The molecule has 0 radical (unpaired) electrons. The monoisotopic (exact) mass is 369 g/mol. The van der Waals surface area contributed by atoms with E-state index in [1.54, 1.807) is 37.3 Å². The molecule has 112 valence electrons. The molecule has 3 N–H and O–H groups in total. The molecule has 2 rings (SSSR count). The minimum atomic E-state index is -3.51. The van der Waals surface area contributed by atoms with Crippen molar-refractivity contribution < 1.29 is 8.42 Å². The number of aromatic nitrogens is 1. The summed E-state index contributed by atoms with van der Waals surface area (Å²) in [6.07, 6.45) is 0. The Balaban J connectivity index is 2.16. The zero-order valence-corrected chi connectivity index (χ0v) is 13.9. The van der Waals surface area contributed by atoms with Gasteiger partial charge in [-0.2, -0.15) is 0 Å². The second-order valence-electron chi connectivity index (χ2n) is 4.65. The van der Waals surface area contributed by atoms with E-state index in [1.807, 2.05) is 6.07 Å². The predicted molar refractivity (Wildman–Crippen MR) is 87.3 cm³/mol. The zero-order valence-electron chi connectivity index (χ0n) is 11.5. The molecule has 0 unspecified atom stereocenters. The second-order valence-corrected chi connectivity index (χ2v) is 7.23. The SMILES string of the molecule is Cc1nc(NS(=O)(=O)Cc2cccc(CN)c2)ccc1Br. The lowest BCUT2D eigenvalue weighted by Gasteiger charge is -2.09. The van der Waals surface area contributed by atoms with E-state index in [9.17, 15) is 8.42 Å². The molecule has 7 heteroatoms. The van der Waals surface area contributed by atoms with E-state index in [1.165, 1.54) is 0 Å². The molecule has 0 aliphatic rings. The summed E-state index contributed by atoms with van der Waals surface area (Å²) >= 11 is 3.33. The van der Waals surface area contributed by atoms with E-state index in [2.05, 4.69) is 25.6 Å². The molecular formula is C14H16BrN3O2S. The Kier molecular flexibility index (Phi) is 4.97. The topological polar surface area (TPSA) is 85.1 Å². The van der Waals surface area contributed by atoms with Crippen molar-refractivity contribution in [2.24, 2.45) is 5.73 Å². The maximum absolute atomic E-state index is 12.2. The summed E-state index contributed by atoms with van der Waals surface area (Å²) in [6.45, 7) is 2.18. The van der Waals surface area contributed by atoms with Crippen LogP contribution in [0.1, 0.15) is 16.8 Å².